The smallest absolute Gasteiger partial charge is 0.161 e. The molecule has 0 spiro atoms. The second-order valence-electron chi connectivity index (χ2n) is 5.02. The summed E-state index contributed by atoms with van der Waals surface area (Å²) in [7, 11) is 0. The van der Waals surface area contributed by atoms with Crippen molar-refractivity contribution >= 4 is 0 Å². The number of hydrogen-bond acceptors (Lipinski definition) is 4. The fraction of sp³-hybridized carbons (Fsp3) is 0.600. The van der Waals surface area contributed by atoms with Gasteiger partial charge in [0, 0.05) is 12.6 Å². The Morgan fingerprint density at radius 3 is 2.74 bits per heavy atom. The van der Waals surface area contributed by atoms with Gasteiger partial charge in [0.1, 0.15) is 13.2 Å². The first-order valence-corrected chi connectivity index (χ1v) is 7.01. The number of ether oxygens (including phenoxy) is 2. The summed E-state index contributed by atoms with van der Waals surface area (Å²) in [6.07, 6.45) is 1.75. The zero-order valence-electron chi connectivity index (χ0n) is 11.7. The van der Waals surface area contributed by atoms with Crippen LogP contribution in [0.1, 0.15) is 38.4 Å². The second-order valence-corrected chi connectivity index (χ2v) is 5.02. The monoisotopic (exact) mass is 265 g/mol. The first-order valence-electron chi connectivity index (χ1n) is 7.01. The first-order chi connectivity index (χ1) is 9.20. The van der Waals surface area contributed by atoms with Crippen molar-refractivity contribution in [1.82, 2.24) is 5.32 Å². The van der Waals surface area contributed by atoms with Crippen molar-refractivity contribution in [3.63, 3.8) is 0 Å². The van der Waals surface area contributed by atoms with Gasteiger partial charge in [-0.2, -0.15) is 0 Å². The Kier molecular flexibility index (Phi) is 5.05. The molecule has 0 saturated carbocycles. The summed E-state index contributed by atoms with van der Waals surface area (Å²) in [6, 6.07) is 6.05. The fourth-order valence-electron chi connectivity index (χ4n) is 2.23. The van der Waals surface area contributed by atoms with E-state index in [1.807, 2.05) is 18.2 Å². The molecule has 0 aromatic heterocycles. The summed E-state index contributed by atoms with van der Waals surface area (Å²) >= 11 is 0. The average molecular weight is 265 g/mol. The van der Waals surface area contributed by atoms with E-state index in [4.69, 9.17) is 9.47 Å². The van der Waals surface area contributed by atoms with E-state index in [-0.39, 0.29) is 0 Å². The molecule has 1 aromatic carbocycles. The van der Waals surface area contributed by atoms with Gasteiger partial charge in [0.25, 0.3) is 0 Å². The highest BCUT2D eigenvalue weighted by atomic mass is 16.6. The molecule has 0 saturated heterocycles. The lowest BCUT2D eigenvalue weighted by Crippen LogP contribution is -2.30. The molecule has 1 aliphatic rings. The summed E-state index contributed by atoms with van der Waals surface area (Å²) in [5.41, 5.74) is 0.862. The van der Waals surface area contributed by atoms with E-state index in [1.165, 1.54) is 0 Å². The van der Waals surface area contributed by atoms with Crippen LogP contribution in [0.25, 0.3) is 0 Å². The second kappa shape index (κ2) is 6.78. The van der Waals surface area contributed by atoms with Crippen LogP contribution in [-0.2, 0) is 0 Å². The largest absolute Gasteiger partial charge is 0.486 e. The average Bonchev–Trinajstić information content (AvgIpc) is 2.44. The molecule has 1 heterocycles. The third kappa shape index (κ3) is 3.85. The zero-order chi connectivity index (χ0) is 13.7. The van der Waals surface area contributed by atoms with Crippen LogP contribution in [0.3, 0.4) is 0 Å². The maximum Gasteiger partial charge on any atom is 0.161 e. The van der Waals surface area contributed by atoms with Crippen molar-refractivity contribution in [3.8, 4) is 11.5 Å². The van der Waals surface area contributed by atoms with Crippen molar-refractivity contribution < 1.29 is 14.6 Å². The van der Waals surface area contributed by atoms with Crippen LogP contribution < -0.4 is 14.8 Å². The molecule has 0 fully saturated rings. The van der Waals surface area contributed by atoms with Gasteiger partial charge in [-0.15, -0.1) is 0 Å². The molecule has 0 aliphatic carbocycles. The maximum atomic E-state index is 10.2. The van der Waals surface area contributed by atoms with Gasteiger partial charge in [-0.05, 0) is 31.0 Å². The van der Waals surface area contributed by atoms with Crippen LogP contribution in [0.4, 0.5) is 0 Å². The highest BCUT2D eigenvalue weighted by Gasteiger charge is 2.15. The Hall–Kier alpha value is -1.26. The summed E-state index contributed by atoms with van der Waals surface area (Å²) in [5, 5.41) is 13.5. The van der Waals surface area contributed by atoms with Crippen molar-refractivity contribution in [2.24, 2.45) is 0 Å². The van der Waals surface area contributed by atoms with Gasteiger partial charge in [0.2, 0.25) is 0 Å². The van der Waals surface area contributed by atoms with E-state index in [9.17, 15) is 5.11 Å². The lowest BCUT2D eigenvalue weighted by Gasteiger charge is -2.21. The highest BCUT2D eigenvalue weighted by molar-refractivity contribution is 5.44. The molecule has 4 heteroatoms. The third-order valence-electron chi connectivity index (χ3n) is 3.33. The maximum absolute atomic E-state index is 10.2. The number of aliphatic hydroxyl groups is 1. The third-order valence-corrected chi connectivity index (χ3v) is 3.33. The minimum Gasteiger partial charge on any atom is -0.486 e. The van der Waals surface area contributed by atoms with Crippen LogP contribution in [0.2, 0.25) is 0 Å². The van der Waals surface area contributed by atoms with E-state index >= 15 is 0 Å². The molecule has 19 heavy (non-hydrogen) atoms. The van der Waals surface area contributed by atoms with Crippen LogP contribution in [0, 0.1) is 0 Å². The van der Waals surface area contributed by atoms with Gasteiger partial charge in [-0.25, -0.2) is 0 Å². The van der Waals surface area contributed by atoms with E-state index < -0.39 is 6.10 Å². The Bertz CT molecular complexity index is 408. The molecule has 0 radical (unpaired) electrons. The number of hydrogen-bond donors (Lipinski definition) is 2. The van der Waals surface area contributed by atoms with Gasteiger partial charge in [-0.3, -0.25) is 0 Å². The number of rotatable bonds is 6. The lowest BCUT2D eigenvalue weighted by molar-refractivity contribution is 0.161. The van der Waals surface area contributed by atoms with E-state index in [2.05, 4.69) is 19.2 Å². The molecule has 0 bridgehead atoms. The number of nitrogens with one attached hydrogen (secondary N) is 1. The topological polar surface area (TPSA) is 50.7 Å². The van der Waals surface area contributed by atoms with Crippen LogP contribution >= 0.6 is 0 Å². The fourth-order valence-corrected chi connectivity index (χ4v) is 2.23. The summed E-state index contributed by atoms with van der Waals surface area (Å²) in [4.78, 5) is 0. The molecule has 2 atom stereocenters. The first kappa shape index (κ1) is 14.2. The SMILES string of the molecule is CCC[C@@H](C)NC[C@@H](O)c1ccc2c(c1)OCCO2. The number of benzene rings is 1. The van der Waals surface area contributed by atoms with E-state index in [0.717, 1.165) is 29.9 Å². The van der Waals surface area contributed by atoms with Gasteiger partial charge >= 0.3 is 0 Å². The number of aliphatic hydroxyl groups excluding tert-OH is 1. The van der Waals surface area contributed by atoms with E-state index in [0.29, 0.717) is 25.8 Å². The van der Waals surface area contributed by atoms with Crippen molar-refractivity contribution in [2.45, 2.75) is 38.8 Å². The Morgan fingerprint density at radius 2 is 2.00 bits per heavy atom. The predicted molar refractivity (Wildman–Crippen MR) is 74.8 cm³/mol. The minimum absolute atomic E-state index is 0.428. The highest BCUT2D eigenvalue weighted by Crippen LogP contribution is 2.32. The van der Waals surface area contributed by atoms with Crippen molar-refractivity contribution in [1.29, 1.82) is 0 Å². The summed E-state index contributed by atoms with van der Waals surface area (Å²) in [5.74, 6) is 1.49. The predicted octanol–water partition coefficient (Wildman–Crippen LogP) is 2.27. The van der Waals surface area contributed by atoms with Gasteiger partial charge < -0.3 is 19.9 Å². The molecular weight excluding hydrogens is 242 g/mol. The van der Waals surface area contributed by atoms with Crippen LogP contribution in [-0.4, -0.2) is 30.9 Å². The molecule has 2 N–H and O–H groups in total. The van der Waals surface area contributed by atoms with Crippen LogP contribution in [0.15, 0.2) is 18.2 Å². The normalized spacial score (nSPS) is 17.0. The van der Waals surface area contributed by atoms with Crippen molar-refractivity contribution in [2.75, 3.05) is 19.8 Å². The molecule has 1 aromatic rings. The molecule has 1 aliphatic heterocycles. The molecule has 0 unspecified atom stereocenters. The summed E-state index contributed by atoms with van der Waals surface area (Å²) < 4.78 is 11.0. The molecule has 106 valence electrons. The quantitative estimate of drug-likeness (QED) is 0.828. The van der Waals surface area contributed by atoms with Crippen LogP contribution in [0.5, 0.6) is 11.5 Å². The lowest BCUT2D eigenvalue weighted by atomic mass is 10.1. The Labute approximate surface area is 114 Å². The molecule has 4 nitrogen and oxygen atoms in total. The Balaban J connectivity index is 1.93. The molecule has 2 rings (SSSR count). The van der Waals surface area contributed by atoms with Gasteiger partial charge in [0.15, 0.2) is 11.5 Å². The van der Waals surface area contributed by atoms with Crippen molar-refractivity contribution in [3.05, 3.63) is 23.8 Å². The minimum atomic E-state index is -0.518. The zero-order valence-corrected chi connectivity index (χ0v) is 11.7. The van der Waals surface area contributed by atoms with E-state index in [1.54, 1.807) is 0 Å². The summed E-state index contributed by atoms with van der Waals surface area (Å²) in [6.45, 7) is 6.01. The standard InChI is InChI=1S/C15H23NO3/c1-3-4-11(2)16-10-13(17)12-5-6-14-15(9-12)19-8-7-18-14/h5-6,9,11,13,16-17H,3-4,7-8,10H2,1-2H3/t11-,13-/m1/s1. The Morgan fingerprint density at radius 1 is 1.26 bits per heavy atom. The molecule has 0 amide bonds. The van der Waals surface area contributed by atoms with Gasteiger partial charge in [-0.1, -0.05) is 19.4 Å². The van der Waals surface area contributed by atoms with Gasteiger partial charge in [0.05, 0.1) is 6.10 Å². The molecular formula is C15H23NO3. The number of fused-ring (bicyclic) bond motifs is 1.